The molecule has 1 aromatic carbocycles. The maximum absolute atomic E-state index is 14.8. The number of hydrogen-bond donors (Lipinski definition) is 0. The van der Waals surface area contributed by atoms with Crippen molar-refractivity contribution in [1.82, 2.24) is 0 Å². The minimum atomic E-state index is -0.988. The number of rotatable bonds is 4. The van der Waals surface area contributed by atoms with Gasteiger partial charge in [-0.15, -0.1) is 0 Å². The number of carbonyl (C=O) groups is 1. The average molecular weight is 293 g/mol. The van der Waals surface area contributed by atoms with E-state index >= 15 is 0 Å². The summed E-state index contributed by atoms with van der Waals surface area (Å²) in [5, 5.41) is 9.35. The van der Waals surface area contributed by atoms with E-state index in [0.29, 0.717) is 18.4 Å². The molecule has 0 atom stereocenters. The molecule has 1 saturated carbocycles. The van der Waals surface area contributed by atoms with Crippen molar-refractivity contribution in [2.24, 2.45) is 0 Å². The van der Waals surface area contributed by atoms with Crippen molar-refractivity contribution in [2.75, 3.05) is 21.3 Å². The van der Waals surface area contributed by atoms with Crippen molar-refractivity contribution >= 4 is 5.97 Å². The van der Waals surface area contributed by atoms with Crippen molar-refractivity contribution in [3.63, 3.8) is 0 Å². The van der Waals surface area contributed by atoms with Gasteiger partial charge in [0.2, 0.25) is 0 Å². The Kier molecular flexibility index (Phi) is 3.77. The smallest absolute Gasteiger partial charge is 0.338 e. The maximum Gasteiger partial charge on any atom is 0.338 e. The summed E-state index contributed by atoms with van der Waals surface area (Å²) >= 11 is 0. The molecule has 0 radical (unpaired) electrons. The summed E-state index contributed by atoms with van der Waals surface area (Å²) in [5.41, 5.74) is -0.490. The molecule has 1 aromatic rings. The quantitative estimate of drug-likeness (QED) is 0.798. The number of nitriles is 1. The standard InChI is InChI=1S/C15H16FNO4/c1-8-9(14(18)21-4)10(15(7-17)5-6-15)11(16)13(20-3)12(8)19-2/h5-6H2,1-4H3. The molecule has 0 saturated heterocycles. The Bertz CT molecular complexity index is 644. The SMILES string of the molecule is COC(=O)c1c(C)c(OC)c(OC)c(F)c1C1(C#N)CC1. The van der Waals surface area contributed by atoms with Crippen LogP contribution in [0, 0.1) is 24.1 Å². The van der Waals surface area contributed by atoms with Crippen molar-refractivity contribution in [3.8, 4) is 17.6 Å². The van der Waals surface area contributed by atoms with Crippen LogP contribution in [0.4, 0.5) is 4.39 Å². The van der Waals surface area contributed by atoms with Gasteiger partial charge < -0.3 is 14.2 Å². The third-order valence-corrected chi connectivity index (χ3v) is 3.83. The zero-order chi connectivity index (χ0) is 15.8. The van der Waals surface area contributed by atoms with Crippen LogP contribution in [0.3, 0.4) is 0 Å². The predicted molar refractivity (Wildman–Crippen MR) is 72.1 cm³/mol. The molecular weight excluding hydrogens is 277 g/mol. The topological polar surface area (TPSA) is 68.6 Å². The number of methoxy groups -OCH3 is 3. The lowest BCUT2D eigenvalue weighted by Gasteiger charge is -2.20. The summed E-state index contributed by atoms with van der Waals surface area (Å²) in [5.74, 6) is -1.39. The number of esters is 1. The van der Waals surface area contributed by atoms with Gasteiger partial charge in [0.05, 0.1) is 38.4 Å². The summed E-state index contributed by atoms with van der Waals surface area (Å²) in [6.07, 6.45) is 0.999. The van der Waals surface area contributed by atoms with Crippen LogP contribution in [0.25, 0.3) is 0 Å². The lowest BCUT2D eigenvalue weighted by Crippen LogP contribution is -2.18. The normalized spacial score (nSPS) is 15.0. The van der Waals surface area contributed by atoms with Crippen LogP contribution in [0.2, 0.25) is 0 Å². The third kappa shape index (κ3) is 2.09. The van der Waals surface area contributed by atoms with E-state index in [4.69, 9.17) is 14.2 Å². The largest absolute Gasteiger partial charge is 0.492 e. The summed E-state index contributed by atoms with van der Waals surface area (Å²) in [4.78, 5) is 12.1. The zero-order valence-electron chi connectivity index (χ0n) is 12.4. The van der Waals surface area contributed by atoms with Gasteiger partial charge in [0.15, 0.2) is 17.3 Å². The molecule has 0 spiro atoms. The van der Waals surface area contributed by atoms with E-state index in [1.54, 1.807) is 6.92 Å². The number of carbonyl (C=O) groups excluding carboxylic acids is 1. The van der Waals surface area contributed by atoms with Gasteiger partial charge in [-0.25, -0.2) is 9.18 Å². The monoisotopic (exact) mass is 293 g/mol. The van der Waals surface area contributed by atoms with Crippen LogP contribution in [0.1, 0.15) is 34.3 Å². The summed E-state index contributed by atoms with van der Waals surface area (Å²) in [6, 6.07) is 2.10. The fourth-order valence-electron chi connectivity index (χ4n) is 2.57. The van der Waals surface area contributed by atoms with Crippen LogP contribution in [0.15, 0.2) is 0 Å². The molecule has 0 aromatic heterocycles. The van der Waals surface area contributed by atoms with Gasteiger partial charge in [0.1, 0.15) is 0 Å². The van der Waals surface area contributed by atoms with E-state index in [-0.39, 0.29) is 22.6 Å². The molecule has 5 nitrogen and oxygen atoms in total. The van der Waals surface area contributed by atoms with Crippen LogP contribution in [-0.4, -0.2) is 27.3 Å². The Labute approximate surface area is 122 Å². The molecule has 0 N–H and O–H groups in total. The highest BCUT2D eigenvalue weighted by molar-refractivity contribution is 5.95. The fraction of sp³-hybridized carbons (Fsp3) is 0.467. The molecule has 0 unspecified atom stereocenters. The second-order valence-electron chi connectivity index (χ2n) is 4.94. The average Bonchev–Trinajstić information content (AvgIpc) is 3.28. The lowest BCUT2D eigenvalue weighted by molar-refractivity contribution is 0.0596. The second kappa shape index (κ2) is 5.24. The molecule has 21 heavy (non-hydrogen) atoms. The van der Waals surface area contributed by atoms with Crippen molar-refractivity contribution in [2.45, 2.75) is 25.2 Å². The highest BCUT2D eigenvalue weighted by atomic mass is 19.1. The Hall–Kier alpha value is -2.29. The highest BCUT2D eigenvalue weighted by Crippen LogP contribution is 2.53. The predicted octanol–water partition coefficient (Wildman–Crippen LogP) is 2.49. The Morgan fingerprint density at radius 3 is 2.19 bits per heavy atom. The van der Waals surface area contributed by atoms with Crippen LogP contribution >= 0.6 is 0 Å². The van der Waals surface area contributed by atoms with Crippen molar-refractivity contribution in [1.29, 1.82) is 5.26 Å². The molecule has 112 valence electrons. The summed E-state index contributed by atoms with van der Waals surface area (Å²) < 4.78 is 29.8. The first-order chi connectivity index (χ1) is 9.97. The highest BCUT2D eigenvalue weighted by Gasteiger charge is 2.51. The number of halogens is 1. The molecule has 2 rings (SSSR count). The van der Waals surface area contributed by atoms with Gasteiger partial charge in [-0.1, -0.05) is 0 Å². The maximum atomic E-state index is 14.8. The van der Waals surface area contributed by atoms with Gasteiger partial charge in [0.25, 0.3) is 0 Å². The molecule has 0 amide bonds. The van der Waals surface area contributed by atoms with Crippen LogP contribution in [-0.2, 0) is 10.2 Å². The number of ether oxygens (including phenoxy) is 3. The van der Waals surface area contributed by atoms with Crippen molar-refractivity contribution < 1.29 is 23.4 Å². The molecule has 0 bridgehead atoms. The van der Waals surface area contributed by atoms with E-state index in [1.807, 2.05) is 0 Å². The number of benzene rings is 1. The Balaban J connectivity index is 2.88. The van der Waals surface area contributed by atoms with Gasteiger partial charge in [-0.2, -0.15) is 5.26 Å². The van der Waals surface area contributed by atoms with E-state index in [1.165, 1.54) is 21.3 Å². The summed E-state index contributed by atoms with van der Waals surface area (Å²) in [6.45, 7) is 1.62. The minimum absolute atomic E-state index is 0.0479. The van der Waals surface area contributed by atoms with Gasteiger partial charge >= 0.3 is 5.97 Å². The van der Waals surface area contributed by atoms with Gasteiger partial charge in [-0.3, -0.25) is 0 Å². The summed E-state index contributed by atoms with van der Waals surface area (Å²) in [7, 11) is 3.89. The van der Waals surface area contributed by atoms with Gasteiger partial charge in [0, 0.05) is 11.1 Å². The van der Waals surface area contributed by atoms with E-state index in [0.717, 1.165) is 0 Å². The first-order valence-electron chi connectivity index (χ1n) is 6.41. The first-order valence-corrected chi connectivity index (χ1v) is 6.41. The number of hydrogen-bond acceptors (Lipinski definition) is 5. The first kappa shape index (κ1) is 15.1. The molecular formula is C15H16FNO4. The molecule has 1 fully saturated rings. The molecule has 6 heteroatoms. The Morgan fingerprint density at radius 2 is 1.81 bits per heavy atom. The van der Waals surface area contributed by atoms with E-state index < -0.39 is 17.2 Å². The van der Waals surface area contributed by atoms with E-state index in [2.05, 4.69) is 6.07 Å². The van der Waals surface area contributed by atoms with Crippen LogP contribution < -0.4 is 9.47 Å². The van der Waals surface area contributed by atoms with Gasteiger partial charge in [-0.05, 0) is 19.8 Å². The number of nitrogens with zero attached hydrogens (tertiary/aromatic N) is 1. The lowest BCUT2D eigenvalue weighted by atomic mass is 9.88. The molecule has 0 heterocycles. The van der Waals surface area contributed by atoms with Crippen LogP contribution in [0.5, 0.6) is 11.5 Å². The van der Waals surface area contributed by atoms with E-state index in [9.17, 15) is 14.4 Å². The molecule has 0 aliphatic heterocycles. The molecule has 1 aliphatic carbocycles. The second-order valence-corrected chi connectivity index (χ2v) is 4.94. The minimum Gasteiger partial charge on any atom is -0.492 e. The third-order valence-electron chi connectivity index (χ3n) is 3.83. The fourth-order valence-corrected chi connectivity index (χ4v) is 2.57. The molecule has 1 aliphatic rings. The Morgan fingerprint density at radius 1 is 1.24 bits per heavy atom. The van der Waals surface area contributed by atoms with Crippen molar-refractivity contribution in [3.05, 3.63) is 22.5 Å². The zero-order valence-corrected chi connectivity index (χ0v) is 12.4.